The molecule has 0 aliphatic carbocycles. The van der Waals surface area contributed by atoms with Crippen LogP contribution in [0.3, 0.4) is 0 Å². The summed E-state index contributed by atoms with van der Waals surface area (Å²) in [6.07, 6.45) is 1.48. The van der Waals surface area contributed by atoms with Crippen LogP contribution in [0.25, 0.3) is 11.0 Å². The van der Waals surface area contributed by atoms with Gasteiger partial charge in [-0.1, -0.05) is 11.6 Å². The maximum absolute atomic E-state index is 12.7. The molecule has 1 amide bonds. The zero-order chi connectivity index (χ0) is 16.6. The molecule has 2 aromatic rings. The van der Waals surface area contributed by atoms with Crippen molar-refractivity contribution in [2.24, 2.45) is 5.41 Å². The first kappa shape index (κ1) is 15.6. The molecule has 1 saturated heterocycles. The summed E-state index contributed by atoms with van der Waals surface area (Å²) in [5.41, 5.74) is -0.888. The van der Waals surface area contributed by atoms with Crippen LogP contribution < -0.4 is 5.63 Å². The molecule has 0 saturated carbocycles. The predicted molar refractivity (Wildman–Crippen MR) is 86.4 cm³/mol. The van der Waals surface area contributed by atoms with Gasteiger partial charge in [-0.25, -0.2) is 4.79 Å². The lowest BCUT2D eigenvalue weighted by Crippen LogP contribution is -2.45. The fraction of sp³-hybridized carbons (Fsp3) is 0.353. The van der Waals surface area contributed by atoms with Crippen LogP contribution in [-0.2, 0) is 0 Å². The first-order valence-electron chi connectivity index (χ1n) is 7.36. The van der Waals surface area contributed by atoms with E-state index >= 15 is 0 Å². The summed E-state index contributed by atoms with van der Waals surface area (Å²) in [6, 6.07) is 8.63. The lowest BCUT2D eigenvalue weighted by molar-refractivity contribution is 0.0626. The largest absolute Gasteiger partial charge is 0.422 e. The minimum absolute atomic E-state index is 0.0260. The van der Waals surface area contributed by atoms with E-state index in [1.54, 1.807) is 23.1 Å². The number of hydrogen-bond acceptors (Lipinski definition) is 4. The number of piperidine rings is 1. The Morgan fingerprint density at radius 2 is 2.22 bits per heavy atom. The Balaban J connectivity index is 1.99. The summed E-state index contributed by atoms with van der Waals surface area (Å²) in [4.78, 5) is 26.3. The molecule has 23 heavy (non-hydrogen) atoms. The standard InChI is InChI=1S/C17H15ClN2O3/c1-17(9-19)5-2-6-20(10-17)15(21)13-8-11-7-12(18)3-4-14(11)23-16(13)22/h3-4,7-8H,2,5-6,10H2,1H3. The van der Waals surface area contributed by atoms with E-state index in [2.05, 4.69) is 6.07 Å². The Bertz CT molecular complexity index is 884. The maximum atomic E-state index is 12.7. The number of likely N-dealkylation sites (tertiary alicyclic amines) is 1. The normalized spacial score (nSPS) is 21.2. The van der Waals surface area contributed by atoms with E-state index in [1.165, 1.54) is 6.07 Å². The molecule has 1 atom stereocenters. The van der Waals surface area contributed by atoms with Gasteiger partial charge in [-0.15, -0.1) is 0 Å². The van der Waals surface area contributed by atoms with Gasteiger partial charge in [0.2, 0.25) is 0 Å². The first-order valence-corrected chi connectivity index (χ1v) is 7.74. The topological polar surface area (TPSA) is 74.3 Å². The van der Waals surface area contributed by atoms with Crippen molar-refractivity contribution < 1.29 is 9.21 Å². The average molecular weight is 331 g/mol. The van der Waals surface area contributed by atoms with Gasteiger partial charge in [-0.2, -0.15) is 5.26 Å². The highest BCUT2D eigenvalue weighted by Gasteiger charge is 2.34. The molecule has 0 spiro atoms. The second-order valence-corrected chi connectivity index (χ2v) is 6.57. The van der Waals surface area contributed by atoms with E-state index in [-0.39, 0.29) is 5.56 Å². The van der Waals surface area contributed by atoms with Crippen LogP contribution in [0.2, 0.25) is 5.02 Å². The molecular formula is C17H15ClN2O3. The Morgan fingerprint density at radius 1 is 1.43 bits per heavy atom. The molecule has 1 aliphatic rings. The van der Waals surface area contributed by atoms with Crippen LogP contribution in [0.5, 0.6) is 0 Å². The molecule has 6 heteroatoms. The molecule has 0 N–H and O–H groups in total. The van der Waals surface area contributed by atoms with Crippen LogP contribution in [-0.4, -0.2) is 23.9 Å². The lowest BCUT2D eigenvalue weighted by atomic mass is 9.83. The van der Waals surface area contributed by atoms with Crippen molar-refractivity contribution in [3.05, 3.63) is 45.3 Å². The summed E-state index contributed by atoms with van der Waals surface area (Å²) in [5, 5.41) is 10.4. The quantitative estimate of drug-likeness (QED) is 0.752. The smallest absolute Gasteiger partial charge is 0.349 e. The van der Waals surface area contributed by atoms with E-state index in [4.69, 9.17) is 16.0 Å². The fourth-order valence-corrected chi connectivity index (χ4v) is 3.10. The predicted octanol–water partition coefficient (Wildman–Crippen LogP) is 3.21. The number of benzene rings is 1. The highest BCUT2D eigenvalue weighted by atomic mass is 35.5. The van der Waals surface area contributed by atoms with Crippen molar-refractivity contribution in [1.29, 1.82) is 5.26 Å². The van der Waals surface area contributed by atoms with Gasteiger partial charge in [-0.3, -0.25) is 4.79 Å². The molecule has 118 valence electrons. The maximum Gasteiger partial charge on any atom is 0.349 e. The Kier molecular flexibility index (Phi) is 3.87. The van der Waals surface area contributed by atoms with Crippen LogP contribution >= 0.6 is 11.6 Å². The summed E-state index contributed by atoms with van der Waals surface area (Å²) in [6.45, 7) is 2.67. The van der Waals surface area contributed by atoms with Gasteiger partial charge in [0.05, 0.1) is 11.5 Å². The molecule has 5 nitrogen and oxygen atoms in total. The Labute approximate surface area is 138 Å². The first-order chi connectivity index (χ1) is 10.9. The van der Waals surface area contributed by atoms with Crippen molar-refractivity contribution in [2.45, 2.75) is 19.8 Å². The summed E-state index contributed by atoms with van der Waals surface area (Å²) in [5.74, 6) is -0.401. The van der Waals surface area contributed by atoms with E-state index in [0.29, 0.717) is 29.1 Å². The van der Waals surface area contributed by atoms with Gasteiger partial charge in [0.25, 0.3) is 5.91 Å². The number of fused-ring (bicyclic) bond motifs is 1. The molecule has 1 aromatic heterocycles. The minimum atomic E-state index is -0.672. The second kappa shape index (κ2) is 5.71. The number of nitriles is 1. The SMILES string of the molecule is CC1(C#N)CCCN(C(=O)c2cc3cc(Cl)ccc3oc2=O)C1. The van der Waals surface area contributed by atoms with Gasteiger partial charge >= 0.3 is 5.63 Å². The number of amides is 1. The van der Waals surface area contributed by atoms with Crippen molar-refractivity contribution >= 4 is 28.5 Å². The lowest BCUT2D eigenvalue weighted by Gasteiger charge is -2.35. The number of carbonyl (C=O) groups is 1. The number of hydrogen-bond donors (Lipinski definition) is 0. The van der Waals surface area contributed by atoms with Crippen molar-refractivity contribution in [2.75, 3.05) is 13.1 Å². The Morgan fingerprint density at radius 3 is 2.96 bits per heavy atom. The van der Waals surface area contributed by atoms with Gasteiger partial charge in [0.1, 0.15) is 11.1 Å². The summed E-state index contributed by atoms with van der Waals surface area (Å²) in [7, 11) is 0. The van der Waals surface area contributed by atoms with Gasteiger partial charge in [0.15, 0.2) is 0 Å². The molecular weight excluding hydrogens is 316 g/mol. The monoisotopic (exact) mass is 330 g/mol. The molecule has 3 rings (SSSR count). The third-order valence-electron chi connectivity index (χ3n) is 4.18. The zero-order valence-electron chi connectivity index (χ0n) is 12.6. The molecule has 1 aliphatic heterocycles. The van der Waals surface area contributed by atoms with Crippen LogP contribution in [0, 0.1) is 16.7 Å². The molecule has 1 unspecified atom stereocenters. The van der Waals surface area contributed by atoms with Crippen LogP contribution in [0.1, 0.15) is 30.1 Å². The zero-order valence-corrected chi connectivity index (χ0v) is 13.4. The second-order valence-electron chi connectivity index (χ2n) is 6.13. The van der Waals surface area contributed by atoms with E-state index < -0.39 is 16.9 Å². The van der Waals surface area contributed by atoms with Gasteiger partial charge < -0.3 is 9.32 Å². The van der Waals surface area contributed by atoms with E-state index in [9.17, 15) is 14.9 Å². The molecule has 0 radical (unpaired) electrons. The molecule has 0 bridgehead atoms. The average Bonchev–Trinajstić information content (AvgIpc) is 2.54. The fourth-order valence-electron chi connectivity index (χ4n) is 2.92. The van der Waals surface area contributed by atoms with Crippen molar-refractivity contribution in [1.82, 2.24) is 4.90 Å². The number of nitrogens with zero attached hydrogens (tertiary/aromatic N) is 2. The van der Waals surface area contributed by atoms with Crippen LogP contribution in [0.4, 0.5) is 0 Å². The molecule has 2 heterocycles. The number of carbonyl (C=O) groups excluding carboxylic acids is 1. The van der Waals surface area contributed by atoms with Gasteiger partial charge in [0, 0.05) is 23.5 Å². The molecule has 1 aromatic carbocycles. The third-order valence-corrected chi connectivity index (χ3v) is 4.41. The molecule has 1 fully saturated rings. The number of halogens is 1. The van der Waals surface area contributed by atoms with Crippen LogP contribution in [0.15, 0.2) is 33.5 Å². The van der Waals surface area contributed by atoms with Gasteiger partial charge in [-0.05, 0) is 44.0 Å². The minimum Gasteiger partial charge on any atom is -0.422 e. The third kappa shape index (κ3) is 2.95. The Hall–Kier alpha value is -2.32. The highest BCUT2D eigenvalue weighted by molar-refractivity contribution is 6.31. The number of rotatable bonds is 1. The van der Waals surface area contributed by atoms with E-state index in [0.717, 1.165) is 12.8 Å². The summed E-state index contributed by atoms with van der Waals surface area (Å²) >= 11 is 5.94. The van der Waals surface area contributed by atoms with Crippen molar-refractivity contribution in [3.8, 4) is 6.07 Å². The highest BCUT2D eigenvalue weighted by Crippen LogP contribution is 2.29. The van der Waals surface area contributed by atoms with Crippen molar-refractivity contribution in [3.63, 3.8) is 0 Å². The summed E-state index contributed by atoms with van der Waals surface area (Å²) < 4.78 is 5.21. The van der Waals surface area contributed by atoms with E-state index in [1.807, 2.05) is 6.92 Å².